The lowest BCUT2D eigenvalue weighted by atomic mass is 10.1. The number of methoxy groups -OCH3 is 1. The fraction of sp³-hybridized carbons (Fsp3) is 0.429. The lowest BCUT2D eigenvalue weighted by molar-refractivity contribution is -0.141. The van der Waals surface area contributed by atoms with E-state index in [-0.39, 0.29) is 36.2 Å². The summed E-state index contributed by atoms with van der Waals surface area (Å²) >= 11 is 0. The zero-order valence-electron chi connectivity index (χ0n) is 18.0. The molecule has 32 heavy (non-hydrogen) atoms. The summed E-state index contributed by atoms with van der Waals surface area (Å²) in [5, 5.41) is 0.449. The van der Waals surface area contributed by atoms with Crippen LogP contribution < -0.4 is 5.73 Å². The van der Waals surface area contributed by atoms with Crippen LogP contribution in [0.5, 0.6) is 0 Å². The van der Waals surface area contributed by atoms with Crippen LogP contribution in [0.1, 0.15) is 38.1 Å². The van der Waals surface area contributed by atoms with Crippen LogP contribution in [0.15, 0.2) is 18.2 Å². The molecule has 172 valence electrons. The van der Waals surface area contributed by atoms with Gasteiger partial charge >= 0.3 is 12.1 Å². The number of halogens is 3. The highest BCUT2D eigenvalue weighted by atomic mass is 19.4. The quantitative estimate of drug-likeness (QED) is 0.552. The third-order valence-corrected chi connectivity index (χ3v) is 5.26. The molecule has 2 heterocycles. The second-order valence-corrected chi connectivity index (χ2v) is 7.32. The lowest BCUT2D eigenvalue weighted by Gasteiger charge is -2.19. The Balaban J connectivity index is 2.20. The third kappa shape index (κ3) is 4.61. The number of pyridine rings is 1. The van der Waals surface area contributed by atoms with Gasteiger partial charge in [0.05, 0.1) is 30.3 Å². The monoisotopic (exact) mass is 451 g/mol. The molecule has 11 heteroatoms. The molecule has 2 N–H and O–H groups in total. The number of esters is 1. The number of anilines is 1. The highest BCUT2D eigenvalue weighted by Crippen LogP contribution is 2.35. The van der Waals surface area contributed by atoms with Gasteiger partial charge in [0.1, 0.15) is 11.3 Å². The molecular formula is C21H24F3N5O3. The van der Waals surface area contributed by atoms with E-state index in [1.54, 1.807) is 9.47 Å². The SMILES string of the molecule is CCN(Cc1nc2c(N)nc3cc(C(F)(F)F)ccc3c2n1CCCC(=O)OC)C(C)=O. The maximum absolute atomic E-state index is 13.2. The third-order valence-electron chi connectivity index (χ3n) is 5.26. The van der Waals surface area contributed by atoms with Crippen molar-refractivity contribution in [2.45, 2.75) is 46.0 Å². The van der Waals surface area contributed by atoms with Crippen LogP contribution in [0.25, 0.3) is 21.9 Å². The number of hydrogen-bond donors (Lipinski definition) is 1. The summed E-state index contributed by atoms with van der Waals surface area (Å²) in [5.74, 6) is -0.0318. The summed E-state index contributed by atoms with van der Waals surface area (Å²) in [4.78, 5) is 33.8. The minimum atomic E-state index is -4.52. The van der Waals surface area contributed by atoms with Gasteiger partial charge in [0.2, 0.25) is 5.91 Å². The predicted molar refractivity (Wildman–Crippen MR) is 112 cm³/mol. The number of aryl methyl sites for hydroxylation is 1. The molecule has 0 spiro atoms. The van der Waals surface area contributed by atoms with Gasteiger partial charge in [-0.2, -0.15) is 13.2 Å². The van der Waals surface area contributed by atoms with Gasteiger partial charge in [-0.25, -0.2) is 9.97 Å². The minimum absolute atomic E-state index is 0.00864. The number of nitrogen functional groups attached to an aromatic ring is 1. The summed E-state index contributed by atoms with van der Waals surface area (Å²) < 4.78 is 46.0. The van der Waals surface area contributed by atoms with Gasteiger partial charge in [-0.05, 0) is 25.5 Å². The van der Waals surface area contributed by atoms with Crippen molar-refractivity contribution in [3.8, 4) is 0 Å². The summed E-state index contributed by atoms with van der Waals surface area (Å²) in [7, 11) is 1.30. The van der Waals surface area contributed by atoms with Crippen LogP contribution >= 0.6 is 0 Å². The zero-order valence-corrected chi connectivity index (χ0v) is 18.0. The number of nitrogens with two attached hydrogens (primary N) is 1. The number of nitrogens with zero attached hydrogens (tertiary/aromatic N) is 4. The Kier molecular flexibility index (Phi) is 6.56. The topological polar surface area (TPSA) is 103 Å². The molecule has 0 aliphatic rings. The van der Waals surface area contributed by atoms with Crippen molar-refractivity contribution in [1.82, 2.24) is 19.4 Å². The number of carbonyl (C=O) groups is 2. The number of amides is 1. The first kappa shape index (κ1) is 23.3. The fourth-order valence-electron chi connectivity index (χ4n) is 3.60. The molecule has 0 bridgehead atoms. The van der Waals surface area contributed by atoms with Crippen molar-refractivity contribution in [2.75, 3.05) is 19.4 Å². The number of rotatable bonds is 7. The Morgan fingerprint density at radius 2 is 1.97 bits per heavy atom. The van der Waals surface area contributed by atoms with Crippen molar-refractivity contribution < 1.29 is 27.5 Å². The lowest BCUT2D eigenvalue weighted by Crippen LogP contribution is -2.29. The smallest absolute Gasteiger partial charge is 0.416 e. The van der Waals surface area contributed by atoms with Crippen LogP contribution in [0.4, 0.5) is 19.0 Å². The van der Waals surface area contributed by atoms with Gasteiger partial charge in [0, 0.05) is 31.8 Å². The van der Waals surface area contributed by atoms with E-state index in [9.17, 15) is 22.8 Å². The molecule has 0 radical (unpaired) electrons. The van der Waals surface area contributed by atoms with Gasteiger partial charge in [0.25, 0.3) is 0 Å². The predicted octanol–water partition coefficient (Wildman–Crippen LogP) is 3.51. The van der Waals surface area contributed by atoms with Crippen LogP contribution in [0, 0.1) is 0 Å². The standard InChI is InChI=1S/C21H24F3N5O3/c1-4-28(12(2)30)11-16-27-18-19(29(16)9-5-6-17(31)32-3)14-8-7-13(21(22,23)24)10-15(14)26-20(18)25/h7-8,10H,4-6,9,11H2,1-3H3,(H2,25,26). The molecule has 0 saturated heterocycles. The molecule has 0 unspecified atom stereocenters. The van der Waals surface area contributed by atoms with Crippen molar-refractivity contribution in [2.24, 2.45) is 0 Å². The zero-order chi connectivity index (χ0) is 23.6. The van der Waals surface area contributed by atoms with Gasteiger partial charge < -0.3 is 19.9 Å². The first-order valence-electron chi connectivity index (χ1n) is 10.0. The van der Waals surface area contributed by atoms with E-state index in [0.29, 0.717) is 41.8 Å². The molecule has 1 amide bonds. The number of ether oxygens (including phenoxy) is 1. The van der Waals surface area contributed by atoms with E-state index >= 15 is 0 Å². The molecule has 8 nitrogen and oxygen atoms in total. The number of hydrogen-bond acceptors (Lipinski definition) is 6. The maximum atomic E-state index is 13.2. The Morgan fingerprint density at radius 1 is 1.25 bits per heavy atom. The van der Waals surface area contributed by atoms with Crippen LogP contribution in [-0.4, -0.2) is 45.0 Å². The average molecular weight is 451 g/mol. The van der Waals surface area contributed by atoms with E-state index in [0.717, 1.165) is 12.1 Å². The number of alkyl halides is 3. The summed E-state index contributed by atoms with van der Waals surface area (Å²) in [5.41, 5.74) is 6.17. The van der Waals surface area contributed by atoms with E-state index in [1.807, 2.05) is 6.92 Å². The first-order valence-corrected chi connectivity index (χ1v) is 10.0. The Bertz CT molecular complexity index is 1170. The molecule has 3 aromatic rings. The first-order chi connectivity index (χ1) is 15.1. The van der Waals surface area contributed by atoms with Gasteiger partial charge in [-0.3, -0.25) is 9.59 Å². The maximum Gasteiger partial charge on any atom is 0.416 e. The highest BCUT2D eigenvalue weighted by molar-refractivity contribution is 6.06. The molecule has 0 aliphatic heterocycles. The Labute approximate surface area is 182 Å². The number of fused-ring (bicyclic) bond motifs is 3. The average Bonchev–Trinajstić information content (AvgIpc) is 3.09. The van der Waals surface area contributed by atoms with Crippen molar-refractivity contribution >= 4 is 39.6 Å². The van der Waals surface area contributed by atoms with Crippen molar-refractivity contribution in [1.29, 1.82) is 0 Å². The Hall–Kier alpha value is -3.37. The van der Waals surface area contributed by atoms with E-state index < -0.39 is 11.7 Å². The van der Waals surface area contributed by atoms with E-state index in [1.165, 1.54) is 20.1 Å². The molecule has 0 saturated carbocycles. The van der Waals surface area contributed by atoms with Crippen molar-refractivity contribution in [3.05, 3.63) is 29.6 Å². The van der Waals surface area contributed by atoms with Gasteiger partial charge in [0.15, 0.2) is 5.82 Å². The molecule has 0 atom stereocenters. The normalized spacial score (nSPS) is 11.8. The molecule has 3 rings (SSSR count). The highest BCUT2D eigenvalue weighted by Gasteiger charge is 2.31. The van der Waals surface area contributed by atoms with Crippen LogP contribution in [0.2, 0.25) is 0 Å². The minimum Gasteiger partial charge on any atom is -0.469 e. The van der Waals surface area contributed by atoms with Crippen molar-refractivity contribution in [3.63, 3.8) is 0 Å². The molecule has 1 aromatic carbocycles. The second-order valence-electron chi connectivity index (χ2n) is 7.32. The molecule has 2 aromatic heterocycles. The largest absolute Gasteiger partial charge is 0.469 e. The number of aromatic nitrogens is 3. The number of imidazole rings is 1. The molecule has 0 fully saturated rings. The summed E-state index contributed by atoms with van der Waals surface area (Å²) in [6.45, 7) is 4.23. The number of carbonyl (C=O) groups excluding carboxylic acids is 2. The van der Waals surface area contributed by atoms with Crippen LogP contribution in [0.3, 0.4) is 0 Å². The fourth-order valence-corrected chi connectivity index (χ4v) is 3.60. The van der Waals surface area contributed by atoms with E-state index in [2.05, 4.69) is 14.7 Å². The Morgan fingerprint density at radius 3 is 2.56 bits per heavy atom. The van der Waals surface area contributed by atoms with Gasteiger partial charge in [-0.15, -0.1) is 0 Å². The van der Waals surface area contributed by atoms with Crippen LogP contribution in [-0.2, 0) is 33.6 Å². The number of benzene rings is 1. The van der Waals surface area contributed by atoms with E-state index in [4.69, 9.17) is 5.73 Å². The molecular weight excluding hydrogens is 427 g/mol. The molecule has 0 aliphatic carbocycles. The summed E-state index contributed by atoms with van der Waals surface area (Å²) in [6, 6.07) is 3.28. The summed E-state index contributed by atoms with van der Waals surface area (Å²) in [6.07, 6.45) is -3.97. The van der Waals surface area contributed by atoms with Gasteiger partial charge in [-0.1, -0.05) is 6.07 Å². The second kappa shape index (κ2) is 9.01.